The van der Waals surface area contributed by atoms with E-state index in [1.807, 2.05) is 24.3 Å². The van der Waals surface area contributed by atoms with Gasteiger partial charge in [0.1, 0.15) is 5.75 Å². The molecule has 0 saturated carbocycles. The third-order valence-electron chi connectivity index (χ3n) is 4.75. The predicted molar refractivity (Wildman–Crippen MR) is 108 cm³/mol. The summed E-state index contributed by atoms with van der Waals surface area (Å²) in [4.78, 5) is 27.3. The number of hydrogen-bond acceptors (Lipinski definition) is 5. The van der Waals surface area contributed by atoms with Gasteiger partial charge in [-0.25, -0.2) is 9.59 Å². The Morgan fingerprint density at radius 2 is 1.89 bits per heavy atom. The van der Waals surface area contributed by atoms with Crippen molar-refractivity contribution in [2.45, 2.75) is 39.7 Å². The molecule has 1 heterocycles. The van der Waals surface area contributed by atoms with Crippen molar-refractivity contribution >= 4 is 12.0 Å². The van der Waals surface area contributed by atoms with Crippen molar-refractivity contribution in [3.8, 4) is 5.75 Å². The average molecular weight is 389 g/mol. The molecule has 0 saturated heterocycles. The van der Waals surface area contributed by atoms with Gasteiger partial charge in [0.2, 0.25) is 0 Å². The second-order valence-electron chi connectivity index (χ2n) is 6.64. The molecular formula is C21H31N3O4. The fourth-order valence-corrected chi connectivity index (χ4v) is 3.19. The standard InChI is InChI=1S/C21H31N3O4/c1-5-8-13-24(6-2)14-17-18(20(25)28-7-3)19(23-21(26)22-17)15-9-11-16(27-4)12-10-15/h9-12,19H,5-8,13-14H2,1-4H3,(H2,22,23,26). The number of esters is 1. The van der Waals surface area contributed by atoms with Gasteiger partial charge < -0.3 is 20.1 Å². The van der Waals surface area contributed by atoms with Gasteiger partial charge in [0.05, 0.1) is 25.3 Å². The van der Waals surface area contributed by atoms with Crippen LogP contribution in [0.5, 0.6) is 5.75 Å². The first kappa shape index (κ1) is 21.8. The number of carbonyl (C=O) groups excluding carboxylic acids is 2. The van der Waals surface area contributed by atoms with E-state index in [4.69, 9.17) is 9.47 Å². The van der Waals surface area contributed by atoms with Crippen LogP contribution in [0.15, 0.2) is 35.5 Å². The molecule has 28 heavy (non-hydrogen) atoms. The van der Waals surface area contributed by atoms with Gasteiger partial charge in [0, 0.05) is 12.2 Å². The molecule has 154 valence electrons. The number of hydrogen-bond donors (Lipinski definition) is 2. The molecular weight excluding hydrogens is 358 g/mol. The van der Waals surface area contributed by atoms with Crippen LogP contribution in [0.1, 0.15) is 45.2 Å². The Morgan fingerprint density at radius 3 is 2.46 bits per heavy atom. The van der Waals surface area contributed by atoms with Gasteiger partial charge in [-0.2, -0.15) is 0 Å². The molecule has 1 atom stereocenters. The largest absolute Gasteiger partial charge is 0.497 e. The zero-order valence-electron chi connectivity index (χ0n) is 17.2. The first-order chi connectivity index (χ1) is 13.5. The summed E-state index contributed by atoms with van der Waals surface area (Å²) in [6.45, 7) is 8.48. The smallest absolute Gasteiger partial charge is 0.338 e. The highest BCUT2D eigenvalue weighted by molar-refractivity contribution is 5.95. The van der Waals surface area contributed by atoms with Crippen molar-refractivity contribution in [3.63, 3.8) is 0 Å². The van der Waals surface area contributed by atoms with Crippen molar-refractivity contribution in [1.29, 1.82) is 0 Å². The molecule has 7 nitrogen and oxygen atoms in total. The number of amides is 2. The Hall–Kier alpha value is -2.54. The van der Waals surface area contributed by atoms with E-state index in [0.29, 0.717) is 23.6 Å². The lowest BCUT2D eigenvalue weighted by Crippen LogP contribution is -2.48. The molecule has 1 aromatic rings. The summed E-state index contributed by atoms with van der Waals surface area (Å²) in [5.41, 5.74) is 1.84. The lowest BCUT2D eigenvalue weighted by Gasteiger charge is -2.32. The molecule has 0 radical (unpaired) electrons. The maximum atomic E-state index is 12.8. The number of ether oxygens (including phenoxy) is 2. The third kappa shape index (κ3) is 5.48. The molecule has 1 unspecified atom stereocenters. The van der Waals surface area contributed by atoms with E-state index >= 15 is 0 Å². The minimum Gasteiger partial charge on any atom is -0.497 e. The zero-order chi connectivity index (χ0) is 20.5. The van der Waals surface area contributed by atoms with E-state index in [-0.39, 0.29) is 12.6 Å². The molecule has 0 aromatic heterocycles. The quantitative estimate of drug-likeness (QED) is 0.602. The molecule has 0 fully saturated rings. The number of unbranched alkanes of at least 4 members (excludes halogenated alkanes) is 1. The van der Waals surface area contributed by atoms with E-state index in [1.165, 1.54) is 0 Å². The first-order valence-corrected chi connectivity index (χ1v) is 9.87. The van der Waals surface area contributed by atoms with Crippen LogP contribution in [0.25, 0.3) is 0 Å². The number of likely N-dealkylation sites (N-methyl/N-ethyl adjacent to an activating group) is 1. The number of nitrogens with zero attached hydrogens (tertiary/aromatic N) is 1. The monoisotopic (exact) mass is 389 g/mol. The van der Waals surface area contributed by atoms with Crippen molar-refractivity contribution in [2.75, 3.05) is 33.4 Å². The van der Waals surface area contributed by atoms with E-state index in [9.17, 15) is 9.59 Å². The maximum absolute atomic E-state index is 12.8. The fraction of sp³-hybridized carbons (Fsp3) is 0.524. The molecule has 0 aliphatic carbocycles. The molecule has 2 N–H and O–H groups in total. The zero-order valence-corrected chi connectivity index (χ0v) is 17.2. The lowest BCUT2D eigenvalue weighted by atomic mass is 9.95. The molecule has 1 aliphatic heterocycles. The summed E-state index contributed by atoms with van der Waals surface area (Å²) in [7, 11) is 1.60. The fourth-order valence-electron chi connectivity index (χ4n) is 3.19. The van der Waals surface area contributed by atoms with Crippen LogP contribution >= 0.6 is 0 Å². The Balaban J connectivity index is 2.42. The summed E-state index contributed by atoms with van der Waals surface area (Å²) >= 11 is 0. The molecule has 2 rings (SSSR count). The van der Waals surface area contributed by atoms with Crippen molar-refractivity contribution < 1.29 is 19.1 Å². The number of rotatable bonds is 10. The molecule has 1 aromatic carbocycles. The van der Waals surface area contributed by atoms with Gasteiger partial charge in [-0.1, -0.05) is 32.4 Å². The van der Waals surface area contributed by atoms with Crippen LogP contribution in [0.2, 0.25) is 0 Å². The van der Waals surface area contributed by atoms with Crippen LogP contribution in [0.3, 0.4) is 0 Å². The van der Waals surface area contributed by atoms with Gasteiger partial charge in [0.15, 0.2) is 0 Å². The van der Waals surface area contributed by atoms with Crippen LogP contribution in [-0.4, -0.2) is 50.3 Å². The third-order valence-corrected chi connectivity index (χ3v) is 4.75. The molecule has 1 aliphatic rings. The number of nitrogens with one attached hydrogen (secondary N) is 2. The normalized spacial score (nSPS) is 16.6. The second-order valence-corrected chi connectivity index (χ2v) is 6.64. The van der Waals surface area contributed by atoms with Gasteiger partial charge >= 0.3 is 12.0 Å². The van der Waals surface area contributed by atoms with E-state index in [2.05, 4.69) is 29.4 Å². The van der Waals surface area contributed by atoms with Crippen molar-refractivity contribution in [3.05, 3.63) is 41.1 Å². The average Bonchev–Trinajstić information content (AvgIpc) is 2.70. The molecule has 2 amide bonds. The predicted octanol–water partition coefficient (Wildman–Crippen LogP) is 2.99. The van der Waals surface area contributed by atoms with Crippen LogP contribution in [-0.2, 0) is 9.53 Å². The van der Waals surface area contributed by atoms with E-state index < -0.39 is 12.0 Å². The molecule has 0 bridgehead atoms. The van der Waals surface area contributed by atoms with Gasteiger partial charge in [0.25, 0.3) is 0 Å². The second kappa shape index (κ2) is 10.7. The van der Waals surface area contributed by atoms with Crippen LogP contribution in [0.4, 0.5) is 4.79 Å². The summed E-state index contributed by atoms with van der Waals surface area (Å²) in [6, 6.07) is 6.42. The highest BCUT2D eigenvalue weighted by Crippen LogP contribution is 2.29. The minimum absolute atomic E-state index is 0.270. The Morgan fingerprint density at radius 1 is 1.18 bits per heavy atom. The number of carbonyl (C=O) groups is 2. The maximum Gasteiger partial charge on any atom is 0.338 e. The Bertz CT molecular complexity index is 700. The Labute approximate surface area is 167 Å². The van der Waals surface area contributed by atoms with Crippen molar-refractivity contribution in [1.82, 2.24) is 15.5 Å². The van der Waals surface area contributed by atoms with Gasteiger partial charge in [-0.05, 0) is 44.1 Å². The van der Waals surface area contributed by atoms with Crippen LogP contribution in [0, 0.1) is 0 Å². The highest BCUT2D eigenvalue weighted by atomic mass is 16.5. The molecule has 0 spiro atoms. The summed E-state index contributed by atoms with van der Waals surface area (Å²) in [5.74, 6) is 0.292. The molecule has 7 heteroatoms. The van der Waals surface area contributed by atoms with Gasteiger partial charge in [-0.3, -0.25) is 4.90 Å². The number of benzene rings is 1. The Kier molecular flexibility index (Phi) is 8.32. The minimum atomic E-state index is -0.571. The number of urea groups is 1. The van der Waals surface area contributed by atoms with Gasteiger partial charge in [-0.15, -0.1) is 0 Å². The van der Waals surface area contributed by atoms with Crippen LogP contribution < -0.4 is 15.4 Å². The highest BCUT2D eigenvalue weighted by Gasteiger charge is 2.34. The van der Waals surface area contributed by atoms with E-state index in [1.54, 1.807) is 14.0 Å². The summed E-state index contributed by atoms with van der Waals surface area (Å²) in [6.07, 6.45) is 2.15. The summed E-state index contributed by atoms with van der Waals surface area (Å²) in [5, 5.41) is 5.69. The SMILES string of the molecule is CCCCN(CC)CC1=C(C(=O)OCC)C(c2ccc(OC)cc2)NC(=O)N1. The van der Waals surface area contributed by atoms with E-state index in [0.717, 1.165) is 31.5 Å². The van der Waals surface area contributed by atoms with Crippen molar-refractivity contribution in [2.24, 2.45) is 0 Å². The topological polar surface area (TPSA) is 79.9 Å². The number of methoxy groups -OCH3 is 1. The lowest BCUT2D eigenvalue weighted by molar-refractivity contribution is -0.139. The summed E-state index contributed by atoms with van der Waals surface area (Å²) < 4.78 is 10.5. The first-order valence-electron chi connectivity index (χ1n) is 9.87.